The van der Waals surface area contributed by atoms with Gasteiger partial charge in [-0.25, -0.2) is 12.8 Å². The largest absolute Gasteiger partial charge is 0.387 e. The molecule has 18 heavy (non-hydrogen) atoms. The lowest BCUT2D eigenvalue weighted by molar-refractivity contribution is 0.171. The molecule has 2 atom stereocenters. The van der Waals surface area contributed by atoms with E-state index < -0.39 is 21.8 Å². The predicted molar refractivity (Wildman–Crippen MR) is 68.5 cm³/mol. The van der Waals surface area contributed by atoms with E-state index in [9.17, 15) is 17.9 Å². The molecule has 0 spiro atoms. The van der Waals surface area contributed by atoms with Gasteiger partial charge in [-0.2, -0.15) is 0 Å². The molecule has 0 bridgehead atoms. The zero-order valence-corrected chi connectivity index (χ0v) is 11.2. The van der Waals surface area contributed by atoms with Crippen molar-refractivity contribution in [2.24, 2.45) is 0 Å². The van der Waals surface area contributed by atoms with Crippen LogP contribution in [0.1, 0.15) is 18.6 Å². The third-order valence-electron chi connectivity index (χ3n) is 2.45. The highest BCUT2D eigenvalue weighted by atomic mass is 32.2. The van der Waals surface area contributed by atoms with Gasteiger partial charge in [-0.1, -0.05) is 12.1 Å². The molecular formula is C12H18FNO3S. The van der Waals surface area contributed by atoms with Crippen molar-refractivity contribution < 1.29 is 17.9 Å². The van der Waals surface area contributed by atoms with E-state index in [2.05, 4.69) is 5.32 Å². The van der Waals surface area contributed by atoms with Crippen molar-refractivity contribution in [3.63, 3.8) is 0 Å². The molecule has 4 nitrogen and oxygen atoms in total. The Hall–Kier alpha value is -0.980. The van der Waals surface area contributed by atoms with Crippen molar-refractivity contribution in [2.75, 3.05) is 18.6 Å². The van der Waals surface area contributed by atoms with Crippen LogP contribution in [0.5, 0.6) is 0 Å². The second kappa shape index (κ2) is 6.26. The van der Waals surface area contributed by atoms with Crippen LogP contribution in [0.15, 0.2) is 24.3 Å². The summed E-state index contributed by atoms with van der Waals surface area (Å²) in [7, 11) is -3.05. The topological polar surface area (TPSA) is 66.4 Å². The number of aliphatic hydroxyl groups is 1. The highest BCUT2D eigenvalue weighted by Gasteiger charge is 2.13. The summed E-state index contributed by atoms with van der Waals surface area (Å²) in [6, 6.07) is 5.44. The summed E-state index contributed by atoms with van der Waals surface area (Å²) in [5.41, 5.74) is 0.467. The first-order valence-electron chi connectivity index (χ1n) is 5.62. The molecule has 2 unspecified atom stereocenters. The molecule has 0 aliphatic heterocycles. The van der Waals surface area contributed by atoms with Crippen LogP contribution in [0.3, 0.4) is 0 Å². The number of hydrogen-bond acceptors (Lipinski definition) is 4. The summed E-state index contributed by atoms with van der Waals surface area (Å²) in [6.45, 7) is 1.90. The average molecular weight is 275 g/mol. The van der Waals surface area contributed by atoms with Gasteiger partial charge >= 0.3 is 0 Å². The molecule has 0 fully saturated rings. The van der Waals surface area contributed by atoms with Crippen molar-refractivity contribution in [2.45, 2.75) is 19.1 Å². The average Bonchev–Trinajstić information content (AvgIpc) is 2.23. The Bertz CT molecular complexity index is 490. The van der Waals surface area contributed by atoms with Crippen molar-refractivity contribution in [1.29, 1.82) is 0 Å². The van der Waals surface area contributed by atoms with Crippen LogP contribution in [0.4, 0.5) is 4.39 Å². The summed E-state index contributed by atoms with van der Waals surface area (Å²) in [5.74, 6) is -0.404. The summed E-state index contributed by atoms with van der Waals surface area (Å²) >= 11 is 0. The van der Waals surface area contributed by atoms with E-state index >= 15 is 0 Å². The standard InChI is InChI=1S/C12H18FNO3S/c1-9(8-18(2,16)17)14-7-12(15)10-4-3-5-11(13)6-10/h3-6,9,12,14-15H,7-8H2,1-2H3. The molecule has 0 saturated carbocycles. The van der Waals surface area contributed by atoms with Gasteiger partial charge in [0, 0.05) is 18.8 Å². The number of nitrogens with one attached hydrogen (secondary N) is 1. The van der Waals surface area contributed by atoms with Crippen LogP contribution in [0.25, 0.3) is 0 Å². The van der Waals surface area contributed by atoms with Crippen LogP contribution in [0, 0.1) is 5.82 Å². The molecule has 1 aromatic carbocycles. The fourth-order valence-corrected chi connectivity index (χ4v) is 2.68. The number of rotatable bonds is 6. The van der Waals surface area contributed by atoms with E-state index in [1.807, 2.05) is 0 Å². The monoisotopic (exact) mass is 275 g/mol. The van der Waals surface area contributed by atoms with E-state index in [0.29, 0.717) is 5.56 Å². The Morgan fingerprint density at radius 2 is 2.11 bits per heavy atom. The Morgan fingerprint density at radius 3 is 2.67 bits per heavy atom. The SMILES string of the molecule is CC(CS(C)(=O)=O)NCC(O)c1cccc(F)c1. The summed E-state index contributed by atoms with van der Waals surface area (Å²) in [4.78, 5) is 0. The number of benzene rings is 1. The fourth-order valence-electron chi connectivity index (χ4n) is 1.66. The molecule has 0 aliphatic carbocycles. The smallest absolute Gasteiger partial charge is 0.148 e. The molecule has 0 aliphatic rings. The van der Waals surface area contributed by atoms with Crippen LogP contribution in [-0.2, 0) is 9.84 Å². The maximum absolute atomic E-state index is 12.9. The summed E-state index contributed by atoms with van der Waals surface area (Å²) in [5, 5.41) is 12.7. The van der Waals surface area contributed by atoms with Gasteiger partial charge in [0.05, 0.1) is 11.9 Å². The third kappa shape index (κ3) is 5.57. The zero-order chi connectivity index (χ0) is 13.8. The molecule has 1 rings (SSSR count). The van der Waals surface area contributed by atoms with Crippen molar-refractivity contribution in [1.82, 2.24) is 5.32 Å². The van der Waals surface area contributed by atoms with Gasteiger partial charge in [0.1, 0.15) is 15.7 Å². The maximum Gasteiger partial charge on any atom is 0.148 e. The predicted octanol–water partition coefficient (Wildman–Crippen LogP) is 0.882. The molecule has 0 heterocycles. The number of halogens is 1. The highest BCUT2D eigenvalue weighted by Crippen LogP contribution is 2.13. The van der Waals surface area contributed by atoms with E-state index in [1.54, 1.807) is 13.0 Å². The normalized spacial score (nSPS) is 15.3. The fraction of sp³-hybridized carbons (Fsp3) is 0.500. The Balaban J connectivity index is 2.49. The summed E-state index contributed by atoms with van der Waals surface area (Å²) in [6.07, 6.45) is 0.302. The number of sulfone groups is 1. The first-order chi connectivity index (χ1) is 8.28. The number of hydrogen-bond donors (Lipinski definition) is 2. The van der Waals surface area contributed by atoms with Crippen molar-refractivity contribution in [3.05, 3.63) is 35.6 Å². The zero-order valence-electron chi connectivity index (χ0n) is 10.4. The first kappa shape index (κ1) is 15.1. The van der Waals surface area contributed by atoms with Crippen LogP contribution >= 0.6 is 0 Å². The molecule has 102 valence electrons. The van der Waals surface area contributed by atoms with E-state index in [4.69, 9.17) is 0 Å². The third-order valence-corrected chi connectivity index (χ3v) is 3.55. The van der Waals surface area contributed by atoms with Gasteiger partial charge in [-0.3, -0.25) is 0 Å². The summed E-state index contributed by atoms with van der Waals surface area (Å²) < 4.78 is 35.0. The molecule has 0 amide bonds. The van der Waals surface area contributed by atoms with Gasteiger partial charge in [0.15, 0.2) is 0 Å². The first-order valence-corrected chi connectivity index (χ1v) is 7.68. The van der Waals surface area contributed by atoms with Gasteiger partial charge < -0.3 is 10.4 Å². The Labute approximate surface area is 107 Å². The highest BCUT2D eigenvalue weighted by molar-refractivity contribution is 7.90. The second-order valence-electron chi connectivity index (χ2n) is 4.47. The minimum Gasteiger partial charge on any atom is -0.387 e. The molecule has 6 heteroatoms. The lowest BCUT2D eigenvalue weighted by atomic mass is 10.1. The molecule has 2 N–H and O–H groups in total. The van der Waals surface area contributed by atoms with Gasteiger partial charge in [-0.05, 0) is 24.6 Å². The Morgan fingerprint density at radius 1 is 1.44 bits per heavy atom. The quantitative estimate of drug-likeness (QED) is 0.809. The molecule has 0 saturated heterocycles. The van der Waals surface area contributed by atoms with Crippen molar-refractivity contribution in [3.8, 4) is 0 Å². The van der Waals surface area contributed by atoms with E-state index in [1.165, 1.54) is 18.2 Å². The van der Waals surface area contributed by atoms with Crippen LogP contribution in [-0.4, -0.2) is 38.1 Å². The maximum atomic E-state index is 12.9. The molecule has 0 aromatic heterocycles. The van der Waals surface area contributed by atoms with Crippen LogP contribution in [0.2, 0.25) is 0 Å². The molecule has 0 radical (unpaired) electrons. The Kier molecular flexibility index (Phi) is 5.25. The van der Waals surface area contributed by atoms with Gasteiger partial charge in [0.25, 0.3) is 0 Å². The van der Waals surface area contributed by atoms with Gasteiger partial charge in [-0.15, -0.1) is 0 Å². The lowest BCUT2D eigenvalue weighted by Gasteiger charge is -2.16. The minimum absolute atomic E-state index is 0.00285. The van der Waals surface area contributed by atoms with Crippen molar-refractivity contribution >= 4 is 9.84 Å². The molecular weight excluding hydrogens is 257 g/mol. The van der Waals surface area contributed by atoms with Crippen LogP contribution < -0.4 is 5.32 Å². The van der Waals surface area contributed by atoms with E-state index in [0.717, 1.165) is 6.26 Å². The second-order valence-corrected chi connectivity index (χ2v) is 6.66. The molecule has 1 aromatic rings. The van der Waals surface area contributed by atoms with Gasteiger partial charge in [0.2, 0.25) is 0 Å². The lowest BCUT2D eigenvalue weighted by Crippen LogP contribution is -2.35. The van der Waals surface area contributed by atoms with E-state index in [-0.39, 0.29) is 18.3 Å². The number of aliphatic hydroxyl groups excluding tert-OH is 1. The minimum atomic E-state index is -3.05.